The zero-order chi connectivity index (χ0) is 18.1. The molecule has 2 unspecified atom stereocenters. The first kappa shape index (κ1) is 17.1. The number of aromatic nitrogens is 2. The van der Waals surface area contributed by atoms with E-state index in [2.05, 4.69) is 71.4 Å². The molecule has 0 radical (unpaired) electrons. The van der Waals surface area contributed by atoms with Gasteiger partial charge < -0.3 is 15.2 Å². The largest absolute Gasteiger partial charge is 0.381 e. The van der Waals surface area contributed by atoms with Crippen LogP contribution in [0.3, 0.4) is 0 Å². The van der Waals surface area contributed by atoms with Crippen LogP contribution in [0.25, 0.3) is 22.0 Å². The molecule has 0 spiro atoms. The lowest BCUT2D eigenvalue weighted by molar-refractivity contribution is 0.114. The van der Waals surface area contributed by atoms with Gasteiger partial charge in [0.1, 0.15) is 0 Å². The predicted octanol–water partition coefficient (Wildman–Crippen LogP) is 4.90. The molecule has 3 aromatic rings. The van der Waals surface area contributed by atoms with E-state index in [1.54, 1.807) is 0 Å². The highest BCUT2D eigenvalue weighted by Crippen LogP contribution is 2.28. The first-order chi connectivity index (χ1) is 12.6. The molecule has 0 amide bonds. The maximum atomic E-state index is 4.48. The molecule has 1 saturated heterocycles. The molecular formula is C22H28N4. The summed E-state index contributed by atoms with van der Waals surface area (Å²) in [4.78, 5) is 10.3. The Hall–Kier alpha value is -2.33. The minimum absolute atomic E-state index is 0.508. The summed E-state index contributed by atoms with van der Waals surface area (Å²) in [6.45, 7) is 4.62. The molecule has 0 aliphatic carbocycles. The third-order valence-corrected chi connectivity index (χ3v) is 5.92. The van der Waals surface area contributed by atoms with Crippen molar-refractivity contribution in [2.24, 2.45) is 0 Å². The second-order valence-corrected chi connectivity index (χ2v) is 7.63. The molecule has 26 heavy (non-hydrogen) atoms. The quantitative estimate of drug-likeness (QED) is 0.704. The molecule has 0 saturated carbocycles. The average molecular weight is 348 g/mol. The summed E-state index contributed by atoms with van der Waals surface area (Å²) in [5.41, 5.74) is 4.63. The van der Waals surface area contributed by atoms with Gasteiger partial charge in [-0.3, -0.25) is 4.98 Å². The number of nitrogens with one attached hydrogen (secondary N) is 2. The van der Waals surface area contributed by atoms with Gasteiger partial charge in [-0.1, -0.05) is 19.1 Å². The Kier molecular flexibility index (Phi) is 4.68. The summed E-state index contributed by atoms with van der Waals surface area (Å²) in [7, 11) is 2.26. The van der Waals surface area contributed by atoms with E-state index in [0.717, 1.165) is 16.8 Å². The standard InChI is InChI=1S/C22H28N4/c1-4-21-12-19(9-15(2)26(21)3)25-20-10-18(13-23-14-20)17-6-5-16-7-8-24-22(16)11-17/h5-8,10-11,13-15,19,21,24-25H,4,9,12H2,1-3H3/t15?,19-,21?/m0/s1. The van der Waals surface area contributed by atoms with Gasteiger partial charge in [0.05, 0.1) is 5.69 Å². The van der Waals surface area contributed by atoms with Crippen molar-refractivity contribution >= 4 is 16.6 Å². The Morgan fingerprint density at radius 3 is 2.88 bits per heavy atom. The number of likely N-dealkylation sites (tertiary alicyclic amines) is 1. The molecule has 2 aromatic heterocycles. The van der Waals surface area contributed by atoms with E-state index in [-0.39, 0.29) is 0 Å². The average Bonchev–Trinajstić information content (AvgIpc) is 3.12. The zero-order valence-corrected chi connectivity index (χ0v) is 15.9. The molecule has 1 aliphatic rings. The van der Waals surface area contributed by atoms with Crippen LogP contribution in [-0.2, 0) is 0 Å². The van der Waals surface area contributed by atoms with E-state index < -0.39 is 0 Å². The summed E-state index contributed by atoms with van der Waals surface area (Å²) in [5.74, 6) is 0. The van der Waals surface area contributed by atoms with Crippen LogP contribution in [-0.4, -0.2) is 40.0 Å². The summed E-state index contributed by atoms with van der Waals surface area (Å²) in [6, 6.07) is 12.6. The van der Waals surface area contributed by atoms with Crippen molar-refractivity contribution in [2.45, 2.75) is 51.2 Å². The first-order valence-corrected chi connectivity index (χ1v) is 9.65. The number of piperidine rings is 1. The number of fused-ring (bicyclic) bond motifs is 1. The molecule has 3 heterocycles. The Morgan fingerprint density at radius 1 is 1.15 bits per heavy atom. The van der Waals surface area contributed by atoms with Crippen LogP contribution in [0.4, 0.5) is 5.69 Å². The maximum absolute atomic E-state index is 4.48. The van der Waals surface area contributed by atoms with Crippen LogP contribution >= 0.6 is 0 Å². The number of rotatable bonds is 4. The van der Waals surface area contributed by atoms with Gasteiger partial charge in [0.25, 0.3) is 0 Å². The minimum Gasteiger partial charge on any atom is -0.381 e. The van der Waals surface area contributed by atoms with Gasteiger partial charge in [-0.15, -0.1) is 0 Å². The van der Waals surface area contributed by atoms with Crippen LogP contribution < -0.4 is 5.32 Å². The molecule has 2 N–H and O–H groups in total. The molecule has 0 bridgehead atoms. The van der Waals surface area contributed by atoms with Crippen molar-refractivity contribution in [3.05, 3.63) is 48.9 Å². The fraction of sp³-hybridized carbons (Fsp3) is 0.409. The van der Waals surface area contributed by atoms with E-state index in [1.807, 2.05) is 18.6 Å². The van der Waals surface area contributed by atoms with E-state index in [9.17, 15) is 0 Å². The highest BCUT2D eigenvalue weighted by atomic mass is 15.2. The van der Waals surface area contributed by atoms with Gasteiger partial charge in [0, 0.05) is 47.8 Å². The molecule has 136 valence electrons. The van der Waals surface area contributed by atoms with Crippen molar-refractivity contribution in [3.63, 3.8) is 0 Å². The Balaban J connectivity index is 1.54. The molecule has 3 atom stereocenters. The summed E-state index contributed by atoms with van der Waals surface area (Å²) in [5, 5.41) is 4.98. The molecule has 1 aromatic carbocycles. The van der Waals surface area contributed by atoms with Gasteiger partial charge >= 0.3 is 0 Å². The van der Waals surface area contributed by atoms with Crippen LogP contribution in [0.5, 0.6) is 0 Å². The van der Waals surface area contributed by atoms with E-state index in [1.165, 1.54) is 30.2 Å². The van der Waals surface area contributed by atoms with Crippen LogP contribution in [0, 0.1) is 0 Å². The van der Waals surface area contributed by atoms with E-state index in [4.69, 9.17) is 0 Å². The van der Waals surface area contributed by atoms with Crippen LogP contribution in [0.2, 0.25) is 0 Å². The molecule has 4 rings (SSSR count). The molecule has 4 heteroatoms. The molecular weight excluding hydrogens is 320 g/mol. The normalized spacial score (nSPS) is 24.0. The van der Waals surface area contributed by atoms with Crippen molar-refractivity contribution in [1.82, 2.24) is 14.9 Å². The fourth-order valence-corrected chi connectivity index (χ4v) is 4.24. The molecule has 1 aliphatic heterocycles. The Labute approximate surface area is 155 Å². The highest BCUT2D eigenvalue weighted by molar-refractivity contribution is 5.85. The third-order valence-electron chi connectivity index (χ3n) is 5.92. The minimum atomic E-state index is 0.508. The van der Waals surface area contributed by atoms with Crippen molar-refractivity contribution in [1.29, 1.82) is 0 Å². The highest BCUT2D eigenvalue weighted by Gasteiger charge is 2.29. The van der Waals surface area contributed by atoms with Crippen molar-refractivity contribution < 1.29 is 0 Å². The summed E-state index contributed by atoms with van der Waals surface area (Å²) < 4.78 is 0. The lowest BCUT2D eigenvalue weighted by Crippen LogP contribution is -2.48. The van der Waals surface area contributed by atoms with E-state index in [0.29, 0.717) is 18.1 Å². The predicted molar refractivity (Wildman–Crippen MR) is 109 cm³/mol. The van der Waals surface area contributed by atoms with Crippen molar-refractivity contribution in [3.8, 4) is 11.1 Å². The maximum Gasteiger partial charge on any atom is 0.0535 e. The number of nitrogens with zero attached hydrogens (tertiary/aromatic N) is 2. The van der Waals surface area contributed by atoms with Gasteiger partial charge in [0.2, 0.25) is 0 Å². The number of pyridine rings is 1. The van der Waals surface area contributed by atoms with Crippen LogP contribution in [0.1, 0.15) is 33.1 Å². The summed E-state index contributed by atoms with van der Waals surface area (Å²) in [6.07, 6.45) is 9.44. The van der Waals surface area contributed by atoms with Crippen LogP contribution in [0.15, 0.2) is 48.9 Å². The monoisotopic (exact) mass is 348 g/mol. The van der Waals surface area contributed by atoms with Gasteiger partial charge in [0.15, 0.2) is 0 Å². The SMILES string of the molecule is CCC1C[C@@H](Nc2cncc(-c3ccc4cc[nH]c4c3)c2)CC(C)N1C. The lowest BCUT2D eigenvalue weighted by Gasteiger charge is -2.42. The lowest BCUT2D eigenvalue weighted by atomic mass is 9.91. The second kappa shape index (κ2) is 7.12. The number of benzene rings is 1. The first-order valence-electron chi connectivity index (χ1n) is 9.65. The summed E-state index contributed by atoms with van der Waals surface area (Å²) >= 11 is 0. The number of anilines is 1. The van der Waals surface area contributed by atoms with Gasteiger partial charge in [-0.25, -0.2) is 0 Å². The number of H-pyrrole nitrogens is 1. The Morgan fingerprint density at radius 2 is 2.04 bits per heavy atom. The zero-order valence-electron chi connectivity index (χ0n) is 15.9. The van der Waals surface area contributed by atoms with Crippen molar-refractivity contribution in [2.75, 3.05) is 12.4 Å². The molecule has 1 fully saturated rings. The van der Waals surface area contributed by atoms with Gasteiger partial charge in [-0.05, 0) is 62.4 Å². The molecule has 4 nitrogen and oxygen atoms in total. The third kappa shape index (κ3) is 3.34. The van der Waals surface area contributed by atoms with E-state index >= 15 is 0 Å². The smallest absolute Gasteiger partial charge is 0.0535 e. The number of aromatic amines is 1. The number of hydrogen-bond donors (Lipinski definition) is 2. The number of hydrogen-bond acceptors (Lipinski definition) is 3. The fourth-order valence-electron chi connectivity index (χ4n) is 4.24. The Bertz CT molecular complexity index is 884. The van der Waals surface area contributed by atoms with Gasteiger partial charge in [-0.2, -0.15) is 0 Å². The second-order valence-electron chi connectivity index (χ2n) is 7.63. The topological polar surface area (TPSA) is 44.0 Å².